The van der Waals surface area contributed by atoms with Crippen LogP contribution in [0, 0.1) is 0 Å². The Kier molecular flexibility index (Phi) is 3.72. The molecule has 0 radical (unpaired) electrons. The van der Waals surface area contributed by atoms with Gasteiger partial charge >= 0.3 is 5.97 Å². The second-order valence-corrected chi connectivity index (χ2v) is 1.86. The van der Waals surface area contributed by atoms with Crippen molar-refractivity contribution in [3.63, 3.8) is 0 Å². The SMILES string of the molecule is C=CC(=O)N(CO)C(=C)C(=O)O. The summed E-state index contributed by atoms with van der Waals surface area (Å²) in [6.45, 7) is 5.50. The molecule has 0 aromatic rings. The van der Waals surface area contributed by atoms with E-state index in [0.717, 1.165) is 6.08 Å². The van der Waals surface area contributed by atoms with Crippen molar-refractivity contribution in [1.29, 1.82) is 0 Å². The minimum absolute atomic E-state index is 0.484. The van der Waals surface area contributed by atoms with Gasteiger partial charge in [-0.2, -0.15) is 0 Å². The summed E-state index contributed by atoms with van der Waals surface area (Å²) in [6, 6.07) is 0. The van der Waals surface area contributed by atoms with Gasteiger partial charge in [0.05, 0.1) is 0 Å². The second-order valence-electron chi connectivity index (χ2n) is 1.86. The summed E-state index contributed by atoms with van der Waals surface area (Å²) in [6.07, 6.45) is 0.893. The van der Waals surface area contributed by atoms with E-state index in [9.17, 15) is 9.59 Å². The molecule has 0 heterocycles. The van der Waals surface area contributed by atoms with E-state index in [0.29, 0.717) is 4.90 Å². The third kappa shape index (κ3) is 2.21. The molecule has 0 aromatic heterocycles. The number of hydrogen-bond acceptors (Lipinski definition) is 3. The molecule has 0 saturated heterocycles. The van der Waals surface area contributed by atoms with E-state index in [2.05, 4.69) is 13.2 Å². The Morgan fingerprint density at radius 3 is 2.25 bits per heavy atom. The Balaban J connectivity index is 4.56. The van der Waals surface area contributed by atoms with E-state index in [-0.39, 0.29) is 0 Å². The average molecular weight is 171 g/mol. The molecule has 0 aliphatic carbocycles. The van der Waals surface area contributed by atoms with Crippen LogP contribution in [0.2, 0.25) is 0 Å². The summed E-state index contributed by atoms with van der Waals surface area (Å²) in [5.74, 6) is -2.07. The van der Waals surface area contributed by atoms with Crippen molar-refractivity contribution in [2.45, 2.75) is 0 Å². The fourth-order valence-corrected chi connectivity index (χ4v) is 0.514. The Morgan fingerprint density at radius 1 is 1.50 bits per heavy atom. The lowest BCUT2D eigenvalue weighted by atomic mass is 10.4. The predicted octanol–water partition coefficient (Wildman–Crippen LogP) is -0.451. The van der Waals surface area contributed by atoms with Gasteiger partial charge in [-0.25, -0.2) is 4.79 Å². The van der Waals surface area contributed by atoms with Crippen LogP contribution in [0.3, 0.4) is 0 Å². The Morgan fingerprint density at radius 2 is 2.00 bits per heavy atom. The van der Waals surface area contributed by atoms with Crippen LogP contribution in [-0.4, -0.2) is 33.7 Å². The minimum Gasteiger partial charge on any atom is -0.477 e. The van der Waals surface area contributed by atoms with E-state index in [4.69, 9.17) is 10.2 Å². The van der Waals surface area contributed by atoms with Crippen molar-refractivity contribution < 1.29 is 19.8 Å². The van der Waals surface area contributed by atoms with Crippen LogP contribution in [0.4, 0.5) is 0 Å². The number of hydrogen-bond donors (Lipinski definition) is 2. The van der Waals surface area contributed by atoms with Crippen LogP contribution >= 0.6 is 0 Å². The lowest BCUT2D eigenvalue weighted by molar-refractivity contribution is -0.139. The number of aliphatic carboxylic acids is 1. The van der Waals surface area contributed by atoms with Gasteiger partial charge in [-0.15, -0.1) is 0 Å². The third-order valence-electron chi connectivity index (χ3n) is 1.15. The van der Waals surface area contributed by atoms with Gasteiger partial charge in [0.2, 0.25) is 0 Å². The summed E-state index contributed by atoms with van der Waals surface area (Å²) in [4.78, 5) is 21.7. The molecular formula is C7H9NO4. The van der Waals surface area contributed by atoms with Gasteiger partial charge in [-0.3, -0.25) is 9.69 Å². The molecule has 0 fully saturated rings. The maximum atomic E-state index is 10.8. The summed E-state index contributed by atoms with van der Waals surface area (Å²) in [5, 5.41) is 17.0. The molecule has 5 heteroatoms. The second kappa shape index (κ2) is 4.30. The van der Waals surface area contributed by atoms with E-state index in [1.54, 1.807) is 0 Å². The number of carbonyl (C=O) groups excluding carboxylic acids is 1. The number of nitrogens with zero attached hydrogens (tertiary/aromatic N) is 1. The smallest absolute Gasteiger partial charge is 0.352 e. The minimum atomic E-state index is -1.36. The van der Waals surface area contributed by atoms with Gasteiger partial charge in [0.1, 0.15) is 12.4 Å². The van der Waals surface area contributed by atoms with Crippen LogP contribution < -0.4 is 0 Å². The van der Waals surface area contributed by atoms with E-state index in [1.165, 1.54) is 0 Å². The summed E-state index contributed by atoms with van der Waals surface area (Å²) in [5.41, 5.74) is -0.484. The molecule has 0 aromatic carbocycles. The highest BCUT2D eigenvalue weighted by atomic mass is 16.4. The summed E-state index contributed by atoms with van der Waals surface area (Å²) >= 11 is 0. The monoisotopic (exact) mass is 171 g/mol. The zero-order chi connectivity index (χ0) is 9.72. The first-order valence-electron chi connectivity index (χ1n) is 3.01. The normalized spacial score (nSPS) is 8.75. The number of aliphatic hydroxyl groups is 1. The van der Waals surface area contributed by atoms with Gasteiger partial charge in [-0.1, -0.05) is 13.2 Å². The lowest BCUT2D eigenvalue weighted by Crippen LogP contribution is -2.32. The molecule has 0 aliphatic rings. The molecule has 1 amide bonds. The van der Waals surface area contributed by atoms with Crippen molar-refractivity contribution >= 4 is 11.9 Å². The molecule has 0 saturated carbocycles. The molecule has 0 rings (SSSR count). The molecule has 0 bridgehead atoms. The van der Waals surface area contributed by atoms with Gasteiger partial charge in [0.25, 0.3) is 5.91 Å². The molecule has 12 heavy (non-hydrogen) atoms. The fraction of sp³-hybridized carbons (Fsp3) is 0.143. The number of aliphatic hydroxyl groups excluding tert-OH is 1. The number of amides is 1. The average Bonchev–Trinajstić information content (AvgIpc) is 2.05. The highest BCUT2D eigenvalue weighted by Gasteiger charge is 2.17. The molecular weight excluding hydrogens is 162 g/mol. The molecule has 0 aliphatic heterocycles. The zero-order valence-electron chi connectivity index (χ0n) is 6.36. The topological polar surface area (TPSA) is 77.8 Å². The lowest BCUT2D eigenvalue weighted by Gasteiger charge is -2.16. The maximum Gasteiger partial charge on any atom is 0.352 e. The Bertz CT molecular complexity index is 234. The van der Waals surface area contributed by atoms with Crippen LogP contribution in [0.5, 0.6) is 0 Å². The molecule has 66 valence electrons. The first-order chi connectivity index (χ1) is 5.54. The first kappa shape index (κ1) is 10.4. The fourth-order valence-electron chi connectivity index (χ4n) is 0.514. The standard InChI is InChI=1S/C7H9NO4/c1-3-6(10)8(4-9)5(2)7(11)12/h3,9H,1-2,4H2,(H,11,12). The van der Waals surface area contributed by atoms with E-state index >= 15 is 0 Å². The first-order valence-corrected chi connectivity index (χ1v) is 3.01. The van der Waals surface area contributed by atoms with E-state index < -0.39 is 24.3 Å². The Hall–Kier alpha value is -1.62. The maximum absolute atomic E-state index is 10.8. The van der Waals surface area contributed by atoms with E-state index in [1.807, 2.05) is 0 Å². The van der Waals surface area contributed by atoms with Crippen molar-refractivity contribution in [3.8, 4) is 0 Å². The quantitative estimate of drug-likeness (QED) is 0.443. The molecule has 0 spiro atoms. The highest BCUT2D eigenvalue weighted by Crippen LogP contribution is 2.01. The molecule has 0 atom stereocenters. The van der Waals surface area contributed by atoms with Crippen molar-refractivity contribution in [2.75, 3.05) is 6.73 Å². The summed E-state index contributed by atoms with van der Waals surface area (Å²) < 4.78 is 0. The molecule has 5 nitrogen and oxygen atoms in total. The van der Waals surface area contributed by atoms with Crippen LogP contribution in [0.15, 0.2) is 24.9 Å². The number of rotatable bonds is 4. The van der Waals surface area contributed by atoms with Crippen LogP contribution in [-0.2, 0) is 9.59 Å². The number of carbonyl (C=O) groups is 2. The highest BCUT2D eigenvalue weighted by molar-refractivity contribution is 5.96. The van der Waals surface area contributed by atoms with Crippen LogP contribution in [0.25, 0.3) is 0 Å². The van der Waals surface area contributed by atoms with Gasteiger partial charge in [0.15, 0.2) is 0 Å². The predicted molar refractivity (Wildman–Crippen MR) is 40.9 cm³/mol. The van der Waals surface area contributed by atoms with Crippen LogP contribution in [0.1, 0.15) is 0 Å². The zero-order valence-corrected chi connectivity index (χ0v) is 6.36. The third-order valence-corrected chi connectivity index (χ3v) is 1.15. The number of carboxylic acid groups (broad SMARTS) is 1. The molecule has 2 N–H and O–H groups in total. The van der Waals surface area contributed by atoms with Gasteiger partial charge in [-0.05, 0) is 6.08 Å². The molecule has 0 unspecified atom stereocenters. The number of carboxylic acids is 1. The summed E-state index contributed by atoms with van der Waals surface area (Å²) in [7, 11) is 0. The van der Waals surface area contributed by atoms with Crippen molar-refractivity contribution in [3.05, 3.63) is 24.9 Å². The van der Waals surface area contributed by atoms with Gasteiger partial charge in [0, 0.05) is 0 Å². The van der Waals surface area contributed by atoms with Crippen molar-refractivity contribution in [1.82, 2.24) is 4.90 Å². The van der Waals surface area contributed by atoms with Gasteiger partial charge < -0.3 is 10.2 Å². The largest absolute Gasteiger partial charge is 0.477 e. The van der Waals surface area contributed by atoms with Crippen molar-refractivity contribution in [2.24, 2.45) is 0 Å². The Labute approximate surface area is 69.2 Å².